The smallest absolute Gasteiger partial charge is 0.153 e. The normalized spacial score (nSPS) is 10.7. The van der Waals surface area contributed by atoms with Crippen LogP contribution in [0, 0.1) is 0 Å². The van der Waals surface area contributed by atoms with E-state index < -0.39 is 0 Å². The summed E-state index contributed by atoms with van der Waals surface area (Å²) >= 11 is 0. The summed E-state index contributed by atoms with van der Waals surface area (Å²) < 4.78 is 3.55. The van der Waals surface area contributed by atoms with Crippen LogP contribution in [0.5, 0.6) is 0 Å². The lowest BCUT2D eigenvalue weighted by Crippen LogP contribution is -1.99. The van der Waals surface area contributed by atoms with Crippen LogP contribution in [-0.2, 0) is 13.6 Å². The van der Waals surface area contributed by atoms with Crippen molar-refractivity contribution in [1.29, 1.82) is 0 Å². The maximum atomic E-state index is 11.0. The predicted molar refractivity (Wildman–Crippen MR) is 64.7 cm³/mol. The van der Waals surface area contributed by atoms with Crippen LogP contribution in [0.3, 0.4) is 0 Å². The fraction of sp³-hybridized carbons (Fsp3) is 0.417. The number of unbranched alkanes of at least 4 members (excludes halogenated alkanes) is 1. The molecule has 0 aliphatic heterocycles. The molecule has 0 aromatic carbocycles. The topological polar surface area (TPSA) is 52.7 Å². The molecule has 0 unspecified atom stereocenters. The SMILES string of the molecule is CCCCn1cc(C=O)c(-c2ccnn2C)n1. The van der Waals surface area contributed by atoms with Crippen LogP contribution in [-0.4, -0.2) is 25.8 Å². The molecule has 90 valence electrons. The van der Waals surface area contributed by atoms with Gasteiger partial charge in [0.25, 0.3) is 0 Å². The highest BCUT2D eigenvalue weighted by Gasteiger charge is 2.13. The van der Waals surface area contributed by atoms with Crippen molar-refractivity contribution in [3.63, 3.8) is 0 Å². The number of carbonyl (C=O) groups is 1. The van der Waals surface area contributed by atoms with Gasteiger partial charge in [-0.2, -0.15) is 10.2 Å². The second-order valence-electron chi connectivity index (χ2n) is 4.01. The molecule has 0 saturated carbocycles. The molecular weight excluding hydrogens is 216 g/mol. The van der Waals surface area contributed by atoms with Gasteiger partial charge in [0.2, 0.25) is 0 Å². The zero-order valence-corrected chi connectivity index (χ0v) is 10.1. The molecule has 0 aliphatic rings. The van der Waals surface area contributed by atoms with E-state index in [-0.39, 0.29) is 0 Å². The Balaban J connectivity index is 2.36. The number of rotatable bonds is 5. The zero-order valence-electron chi connectivity index (χ0n) is 10.1. The molecule has 0 N–H and O–H groups in total. The summed E-state index contributed by atoms with van der Waals surface area (Å²) in [5.41, 5.74) is 2.18. The van der Waals surface area contributed by atoms with Crippen LogP contribution in [0.1, 0.15) is 30.1 Å². The summed E-state index contributed by atoms with van der Waals surface area (Å²) in [5, 5.41) is 8.54. The van der Waals surface area contributed by atoms with Gasteiger partial charge in [-0.3, -0.25) is 14.2 Å². The van der Waals surface area contributed by atoms with Gasteiger partial charge in [0.05, 0.1) is 11.3 Å². The van der Waals surface area contributed by atoms with Gasteiger partial charge in [-0.05, 0) is 12.5 Å². The molecule has 0 bridgehead atoms. The lowest BCUT2D eigenvalue weighted by molar-refractivity contribution is 0.112. The second kappa shape index (κ2) is 4.95. The molecule has 0 amide bonds. The summed E-state index contributed by atoms with van der Waals surface area (Å²) in [7, 11) is 1.84. The van der Waals surface area contributed by atoms with Gasteiger partial charge < -0.3 is 0 Å². The molecule has 5 nitrogen and oxygen atoms in total. The Bertz CT molecular complexity index is 512. The molecular formula is C12H16N4O. The molecule has 2 aromatic rings. The lowest BCUT2D eigenvalue weighted by Gasteiger charge is -1.99. The van der Waals surface area contributed by atoms with Gasteiger partial charge in [0.1, 0.15) is 5.69 Å². The summed E-state index contributed by atoms with van der Waals surface area (Å²) in [6, 6.07) is 1.86. The Hall–Kier alpha value is -1.91. The first-order chi connectivity index (χ1) is 8.26. The molecule has 2 heterocycles. The maximum absolute atomic E-state index is 11.0. The van der Waals surface area contributed by atoms with E-state index in [1.807, 2.05) is 17.8 Å². The first-order valence-electron chi connectivity index (χ1n) is 5.77. The molecule has 0 fully saturated rings. The summed E-state index contributed by atoms with van der Waals surface area (Å²) in [5.74, 6) is 0. The fourth-order valence-electron chi connectivity index (χ4n) is 1.76. The number of hydrogen-bond donors (Lipinski definition) is 0. The fourth-order valence-corrected chi connectivity index (χ4v) is 1.76. The van der Waals surface area contributed by atoms with E-state index in [0.29, 0.717) is 11.3 Å². The van der Waals surface area contributed by atoms with Crippen LogP contribution in [0.25, 0.3) is 11.4 Å². The van der Waals surface area contributed by atoms with E-state index in [9.17, 15) is 4.79 Å². The maximum Gasteiger partial charge on any atom is 0.153 e. The van der Waals surface area contributed by atoms with Crippen LogP contribution >= 0.6 is 0 Å². The van der Waals surface area contributed by atoms with Gasteiger partial charge in [-0.15, -0.1) is 0 Å². The van der Waals surface area contributed by atoms with Crippen molar-refractivity contribution in [2.45, 2.75) is 26.3 Å². The highest BCUT2D eigenvalue weighted by molar-refractivity contribution is 5.84. The lowest BCUT2D eigenvalue weighted by atomic mass is 10.2. The Morgan fingerprint density at radius 2 is 2.29 bits per heavy atom. The van der Waals surface area contributed by atoms with E-state index in [4.69, 9.17) is 0 Å². The van der Waals surface area contributed by atoms with Gasteiger partial charge in [-0.25, -0.2) is 0 Å². The Labute approximate surface area is 100 Å². The van der Waals surface area contributed by atoms with Crippen LogP contribution in [0.2, 0.25) is 0 Å². The zero-order chi connectivity index (χ0) is 12.3. The van der Waals surface area contributed by atoms with E-state index >= 15 is 0 Å². The van der Waals surface area contributed by atoms with Crippen molar-refractivity contribution >= 4 is 6.29 Å². The highest BCUT2D eigenvalue weighted by atomic mass is 16.1. The third-order valence-corrected chi connectivity index (χ3v) is 2.72. The van der Waals surface area contributed by atoms with Gasteiger partial charge >= 0.3 is 0 Å². The highest BCUT2D eigenvalue weighted by Crippen LogP contribution is 2.19. The van der Waals surface area contributed by atoms with Crippen LogP contribution < -0.4 is 0 Å². The average molecular weight is 232 g/mol. The van der Waals surface area contributed by atoms with Crippen molar-refractivity contribution < 1.29 is 4.79 Å². The van der Waals surface area contributed by atoms with Gasteiger partial charge in [-0.1, -0.05) is 13.3 Å². The standard InChI is InChI=1S/C12H16N4O/c1-3-4-7-16-8-10(9-17)12(14-16)11-5-6-13-15(11)2/h5-6,8-9H,3-4,7H2,1-2H3. The molecule has 2 aromatic heterocycles. The van der Waals surface area contributed by atoms with Crippen molar-refractivity contribution in [1.82, 2.24) is 19.6 Å². The number of aromatic nitrogens is 4. The molecule has 0 aliphatic carbocycles. The monoisotopic (exact) mass is 232 g/mol. The first-order valence-corrected chi connectivity index (χ1v) is 5.77. The van der Waals surface area contributed by atoms with Crippen molar-refractivity contribution in [3.8, 4) is 11.4 Å². The predicted octanol–water partition coefficient (Wildman–Crippen LogP) is 1.90. The van der Waals surface area contributed by atoms with E-state index in [1.165, 1.54) is 0 Å². The van der Waals surface area contributed by atoms with Crippen LogP contribution in [0.15, 0.2) is 18.5 Å². The first kappa shape index (κ1) is 11.6. The van der Waals surface area contributed by atoms with E-state index in [1.54, 1.807) is 17.1 Å². The molecule has 17 heavy (non-hydrogen) atoms. The molecule has 0 spiro atoms. The number of nitrogens with zero attached hydrogens (tertiary/aromatic N) is 4. The molecule has 0 atom stereocenters. The Morgan fingerprint density at radius 3 is 2.88 bits per heavy atom. The largest absolute Gasteiger partial charge is 0.298 e. The van der Waals surface area contributed by atoms with Gasteiger partial charge in [0.15, 0.2) is 6.29 Å². The van der Waals surface area contributed by atoms with E-state index in [2.05, 4.69) is 17.1 Å². The quantitative estimate of drug-likeness (QED) is 0.740. The molecule has 5 heteroatoms. The number of carbonyl (C=O) groups excluding carboxylic acids is 1. The number of aldehydes is 1. The van der Waals surface area contributed by atoms with Crippen molar-refractivity contribution in [3.05, 3.63) is 24.0 Å². The average Bonchev–Trinajstić information content (AvgIpc) is 2.91. The minimum Gasteiger partial charge on any atom is -0.298 e. The van der Waals surface area contributed by atoms with Crippen LogP contribution in [0.4, 0.5) is 0 Å². The molecule has 0 radical (unpaired) electrons. The third kappa shape index (κ3) is 2.27. The third-order valence-electron chi connectivity index (χ3n) is 2.72. The number of aryl methyl sites for hydroxylation is 2. The second-order valence-corrected chi connectivity index (χ2v) is 4.01. The molecule has 0 saturated heterocycles. The minimum absolute atomic E-state index is 0.615. The summed E-state index contributed by atoms with van der Waals surface area (Å²) in [6.07, 6.45) is 6.51. The van der Waals surface area contributed by atoms with Gasteiger partial charge in [0, 0.05) is 26.0 Å². The van der Waals surface area contributed by atoms with Crippen molar-refractivity contribution in [2.75, 3.05) is 0 Å². The Kier molecular flexibility index (Phi) is 3.37. The van der Waals surface area contributed by atoms with Crippen molar-refractivity contribution in [2.24, 2.45) is 7.05 Å². The number of hydrogen-bond acceptors (Lipinski definition) is 3. The van der Waals surface area contributed by atoms with E-state index in [0.717, 1.165) is 31.4 Å². The molecule has 2 rings (SSSR count). The summed E-state index contributed by atoms with van der Waals surface area (Å²) in [6.45, 7) is 2.97. The minimum atomic E-state index is 0.615. The summed E-state index contributed by atoms with van der Waals surface area (Å²) in [4.78, 5) is 11.0. The Morgan fingerprint density at radius 1 is 1.47 bits per heavy atom.